The molecule has 1 aliphatic heterocycles. The van der Waals surface area contributed by atoms with E-state index in [0.29, 0.717) is 23.9 Å². The Morgan fingerprint density at radius 3 is 3.09 bits per heavy atom. The normalized spacial score (nSPS) is 16.5. The van der Waals surface area contributed by atoms with Crippen molar-refractivity contribution < 1.29 is 18.7 Å². The van der Waals surface area contributed by atoms with Gasteiger partial charge in [0, 0.05) is 13.7 Å². The van der Waals surface area contributed by atoms with Gasteiger partial charge in [-0.25, -0.2) is 0 Å². The first-order valence-electron chi connectivity index (χ1n) is 6.54. The average molecular weight is 321 g/mol. The van der Waals surface area contributed by atoms with Gasteiger partial charge in [-0.3, -0.25) is 9.59 Å². The number of hydrogen-bond acceptors (Lipinski definition) is 6. The van der Waals surface area contributed by atoms with Crippen LogP contribution in [0.4, 0.5) is 0 Å². The Morgan fingerprint density at radius 1 is 1.64 bits per heavy atom. The smallest absolute Gasteiger partial charge is 0.265 e. The monoisotopic (exact) mass is 321 g/mol. The second-order valence-corrected chi connectivity index (χ2v) is 5.34. The number of carbonyl (C=O) groups is 2. The number of methoxy groups -OCH3 is 1. The van der Waals surface area contributed by atoms with E-state index in [0.717, 1.165) is 0 Å². The zero-order valence-corrected chi connectivity index (χ0v) is 12.8. The molecular formula is C14H15N3O4S. The molecule has 22 heavy (non-hydrogen) atoms. The number of ether oxygens (including phenoxy) is 1. The van der Waals surface area contributed by atoms with Crippen molar-refractivity contribution in [1.29, 1.82) is 5.26 Å². The number of nitrogens with zero attached hydrogens (tertiary/aromatic N) is 2. The molecule has 1 N–H and O–H groups in total. The maximum absolute atomic E-state index is 12.2. The Hall–Kier alpha value is -2.24. The van der Waals surface area contributed by atoms with Gasteiger partial charge in [0.15, 0.2) is 0 Å². The van der Waals surface area contributed by atoms with Crippen molar-refractivity contribution in [2.45, 2.75) is 6.54 Å². The molecule has 0 spiro atoms. The molecule has 0 unspecified atom stereocenters. The van der Waals surface area contributed by atoms with Crippen molar-refractivity contribution >= 4 is 23.6 Å². The van der Waals surface area contributed by atoms with Gasteiger partial charge in [-0.15, -0.1) is 0 Å². The summed E-state index contributed by atoms with van der Waals surface area (Å²) in [5, 5.41) is 12.3. The maximum atomic E-state index is 12.2. The first kappa shape index (κ1) is 16.1. The number of carbonyl (C=O) groups excluding carboxylic acids is 2. The predicted molar refractivity (Wildman–Crippen MR) is 79.2 cm³/mol. The third kappa shape index (κ3) is 3.69. The maximum Gasteiger partial charge on any atom is 0.265 e. The summed E-state index contributed by atoms with van der Waals surface area (Å²) in [6.07, 6.45) is 1.50. The highest BCUT2D eigenvalue weighted by molar-refractivity contribution is 8.04. The zero-order valence-electron chi connectivity index (χ0n) is 12.0. The van der Waals surface area contributed by atoms with Crippen LogP contribution in [-0.4, -0.2) is 42.7 Å². The number of nitrogens with one attached hydrogen (secondary N) is 1. The number of thioether (sulfide) groups is 1. The van der Waals surface area contributed by atoms with Gasteiger partial charge in [0.05, 0.1) is 25.2 Å². The third-order valence-electron chi connectivity index (χ3n) is 2.95. The first-order valence-corrected chi connectivity index (χ1v) is 7.53. The molecule has 0 aromatic carbocycles. The largest absolute Gasteiger partial charge is 0.467 e. The molecule has 0 saturated carbocycles. The van der Waals surface area contributed by atoms with E-state index >= 15 is 0 Å². The minimum atomic E-state index is -0.529. The van der Waals surface area contributed by atoms with E-state index in [9.17, 15) is 14.9 Å². The summed E-state index contributed by atoms with van der Waals surface area (Å²) in [5.74, 6) is 0.138. The van der Waals surface area contributed by atoms with Gasteiger partial charge in [-0.05, 0) is 12.1 Å². The van der Waals surface area contributed by atoms with Gasteiger partial charge < -0.3 is 19.4 Å². The van der Waals surface area contributed by atoms with Crippen molar-refractivity contribution in [2.75, 3.05) is 26.0 Å². The summed E-state index contributed by atoms with van der Waals surface area (Å²) in [6.45, 7) is 0.831. The molecule has 1 aliphatic rings. The van der Waals surface area contributed by atoms with Gasteiger partial charge >= 0.3 is 0 Å². The minimum absolute atomic E-state index is 0.0708. The van der Waals surface area contributed by atoms with Crippen LogP contribution >= 0.6 is 11.8 Å². The Morgan fingerprint density at radius 2 is 2.45 bits per heavy atom. The fourth-order valence-electron chi connectivity index (χ4n) is 1.88. The SMILES string of the molecule is COCCN1C(=O)CS/C1=C(/C#N)C(=O)NCc1ccco1. The van der Waals surface area contributed by atoms with E-state index in [2.05, 4.69) is 5.32 Å². The highest BCUT2D eigenvalue weighted by Crippen LogP contribution is 2.31. The fourth-order valence-corrected chi connectivity index (χ4v) is 2.93. The number of amides is 2. The average Bonchev–Trinajstić information content (AvgIpc) is 3.15. The van der Waals surface area contributed by atoms with Gasteiger partial charge in [-0.2, -0.15) is 5.26 Å². The van der Waals surface area contributed by atoms with E-state index in [1.807, 2.05) is 6.07 Å². The van der Waals surface area contributed by atoms with Crippen LogP contribution in [0.5, 0.6) is 0 Å². The van der Waals surface area contributed by atoms with Crippen molar-refractivity contribution in [2.24, 2.45) is 0 Å². The Labute approximate surface area is 131 Å². The van der Waals surface area contributed by atoms with E-state index in [1.54, 1.807) is 12.1 Å². The summed E-state index contributed by atoms with van der Waals surface area (Å²) >= 11 is 1.19. The van der Waals surface area contributed by atoms with Crippen LogP contribution in [0.1, 0.15) is 5.76 Å². The van der Waals surface area contributed by atoms with E-state index < -0.39 is 5.91 Å². The van der Waals surface area contributed by atoms with Crippen molar-refractivity contribution in [3.8, 4) is 6.07 Å². The van der Waals surface area contributed by atoms with Gasteiger partial charge in [0.2, 0.25) is 5.91 Å². The molecule has 0 radical (unpaired) electrons. The number of nitriles is 1. The molecule has 8 heteroatoms. The lowest BCUT2D eigenvalue weighted by Gasteiger charge is -2.17. The first-order chi connectivity index (χ1) is 10.7. The zero-order chi connectivity index (χ0) is 15.9. The molecule has 1 fully saturated rings. The molecule has 1 aromatic rings. The van der Waals surface area contributed by atoms with Crippen molar-refractivity contribution in [1.82, 2.24) is 10.2 Å². The molecule has 116 valence electrons. The highest BCUT2D eigenvalue weighted by atomic mass is 32.2. The van der Waals surface area contributed by atoms with Crippen molar-refractivity contribution in [3.05, 3.63) is 34.8 Å². The Bertz CT molecular complexity index is 619. The van der Waals surface area contributed by atoms with Crippen molar-refractivity contribution in [3.63, 3.8) is 0 Å². The molecule has 1 saturated heterocycles. The van der Waals surface area contributed by atoms with Crippen LogP contribution in [0, 0.1) is 11.3 Å². The van der Waals surface area contributed by atoms with Gasteiger partial charge in [0.25, 0.3) is 5.91 Å². The van der Waals surface area contributed by atoms with Crippen LogP contribution in [0.15, 0.2) is 33.4 Å². The summed E-state index contributed by atoms with van der Waals surface area (Å²) in [5.41, 5.74) is -0.0708. The standard InChI is InChI=1S/C14H15N3O4S/c1-20-6-4-17-12(18)9-22-14(17)11(7-15)13(19)16-8-10-3-2-5-21-10/h2-3,5H,4,6,8-9H2,1H3,(H,16,19)/b14-11-. The lowest BCUT2D eigenvalue weighted by atomic mass is 10.2. The van der Waals surface area contributed by atoms with E-state index in [-0.39, 0.29) is 23.8 Å². The Balaban J connectivity index is 2.11. The van der Waals surface area contributed by atoms with E-state index in [4.69, 9.17) is 9.15 Å². The predicted octanol–water partition coefficient (Wildman–Crippen LogP) is 0.853. The van der Waals surface area contributed by atoms with Crippen LogP contribution in [-0.2, 0) is 20.9 Å². The summed E-state index contributed by atoms with van der Waals surface area (Å²) < 4.78 is 10.1. The Kier molecular flexibility index (Phi) is 5.63. The molecule has 0 atom stereocenters. The quantitative estimate of drug-likeness (QED) is 0.616. The lowest BCUT2D eigenvalue weighted by Crippen LogP contribution is -2.31. The molecular weight excluding hydrogens is 306 g/mol. The summed E-state index contributed by atoms with van der Waals surface area (Å²) in [6, 6.07) is 5.31. The number of furan rings is 1. The highest BCUT2D eigenvalue weighted by Gasteiger charge is 2.31. The number of rotatable bonds is 6. The van der Waals surface area contributed by atoms with Crippen LogP contribution < -0.4 is 5.32 Å². The fraction of sp³-hybridized carbons (Fsp3) is 0.357. The van der Waals surface area contributed by atoms with Gasteiger partial charge in [-0.1, -0.05) is 11.8 Å². The molecule has 2 amide bonds. The number of hydrogen-bond donors (Lipinski definition) is 1. The summed E-state index contributed by atoms with van der Waals surface area (Å²) in [4.78, 5) is 25.4. The second-order valence-electron chi connectivity index (χ2n) is 4.38. The lowest BCUT2D eigenvalue weighted by molar-refractivity contribution is -0.125. The van der Waals surface area contributed by atoms with Crippen LogP contribution in [0.3, 0.4) is 0 Å². The van der Waals surface area contributed by atoms with Crippen LogP contribution in [0.2, 0.25) is 0 Å². The molecule has 1 aromatic heterocycles. The molecule has 2 rings (SSSR count). The third-order valence-corrected chi connectivity index (χ3v) is 4.04. The van der Waals surface area contributed by atoms with E-state index in [1.165, 1.54) is 30.0 Å². The van der Waals surface area contributed by atoms with Gasteiger partial charge in [0.1, 0.15) is 22.4 Å². The molecule has 0 aliphatic carbocycles. The summed E-state index contributed by atoms with van der Waals surface area (Å²) in [7, 11) is 1.53. The topological polar surface area (TPSA) is 95.6 Å². The second kappa shape index (κ2) is 7.68. The molecule has 2 heterocycles. The molecule has 7 nitrogen and oxygen atoms in total. The van der Waals surface area contributed by atoms with Crippen LogP contribution in [0.25, 0.3) is 0 Å². The molecule has 0 bridgehead atoms. The minimum Gasteiger partial charge on any atom is -0.467 e.